The van der Waals surface area contributed by atoms with Gasteiger partial charge < -0.3 is 20.3 Å². The molecular weight excluding hydrogens is 368 g/mol. The maximum absolute atomic E-state index is 11.2. The summed E-state index contributed by atoms with van der Waals surface area (Å²) in [5.41, 5.74) is 8.78. The summed E-state index contributed by atoms with van der Waals surface area (Å²) < 4.78 is 11.1. The highest BCUT2D eigenvalue weighted by atomic mass is 16.6. The Morgan fingerprint density at radius 2 is 2.00 bits per heavy atom. The van der Waals surface area contributed by atoms with Crippen molar-refractivity contribution in [2.24, 2.45) is 5.73 Å². The molecule has 3 rings (SSSR count). The van der Waals surface area contributed by atoms with Gasteiger partial charge in [-0.1, -0.05) is 43.5 Å². The number of amides is 1. The molecule has 2 aromatic carbocycles. The third-order valence-corrected chi connectivity index (χ3v) is 5.28. The number of carbonyl (C=O) groups is 1. The molecule has 1 aliphatic rings. The number of hydrogen-bond donors (Lipinski definition) is 3. The molecule has 1 aliphatic heterocycles. The summed E-state index contributed by atoms with van der Waals surface area (Å²) in [6.45, 7) is 8.07. The van der Waals surface area contributed by atoms with E-state index in [9.17, 15) is 9.90 Å². The highest BCUT2D eigenvalue weighted by molar-refractivity contribution is 6.04. The number of fused-ring (bicyclic) bond motifs is 3. The SMILES string of the molecule is CCCCCc1cc2c(c(O)c1C(=N)OC(N)=O)-c1cc(C)ccc1C(C)(C)O2. The third-order valence-electron chi connectivity index (χ3n) is 5.28. The summed E-state index contributed by atoms with van der Waals surface area (Å²) in [6, 6.07) is 7.85. The number of ether oxygens (including phenoxy) is 2. The fourth-order valence-corrected chi connectivity index (χ4v) is 3.92. The first-order valence-corrected chi connectivity index (χ1v) is 9.91. The number of carbonyl (C=O) groups excluding carboxylic acids is 1. The van der Waals surface area contributed by atoms with Gasteiger partial charge in [-0.05, 0) is 50.8 Å². The van der Waals surface area contributed by atoms with E-state index in [1.165, 1.54) is 0 Å². The average molecular weight is 396 g/mol. The minimum atomic E-state index is -1.08. The maximum atomic E-state index is 11.2. The van der Waals surface area contributed by atoms with Gasteiger partial charge in [0, 0.05) is 5.56 Å². The van der Waals surface area contributed by atoms with Crippen molar-refractivity contribution in [3.63, 3.8) is 0 Å². The summed E-state index contributed by atoms with van der Waals surface area (Å²) in [5.74, 6) is -0.0151. The van der Waals surface area contributed by atoms with E-state index in [4.69, 9.17) is 20.6 Å². The van der Waals surface area contributed by atoms with Gasteiger partial charge in [-0.15, -0.1) is 0 Å². The smallest absolute Gasteiger partial charge is 0.411 e. The molecule has 0 radical (unpaired) electrons. The quantitative estimate of drug-likeness (QED) is 0.369. The van der Waals surface area contributed by atoms with Crippen molar-refractivity contribution in [2.75, 3.05) is 0 Å². The minimum absolute atomic E-state index is 0.123. The topological polar surface area (TPSA) is 106 Å². The van der Waals surface area contributed by atoms with E-state index >= 15 is 0 Å². The number of unbranched alkanes of at least 4 members (excludes halogenated alkanes) is 2. The number of rotatable bonds is 5. The zero-order valence-electron chi connectivity index (χ0n) is 17.4. The standard InChI is InChI=1S/C23H28N2O4/c1-5-6-7-8-14-12-17-19(20(26)18(14)21(24)28-22(25)27)15-11-13(2)9-10-16(15)23(3,4)29-17/h9-12,24,26H,5-8H2,1-4H3,(H2,25,27). The lowest BCUT2D eigenvalue weighted by molar-refractivity contribution is 0.105. The summed E-state index contributed by atoms with van der Waals surface area (Å²) >= 11 is 0. The van der Waals surface area contributed by atoms with Gasteiger partial charge in [0.05, 0.1) is 11.1 Å². The van der Waals surface area contributed by atoms with Crippen LogP contribution in [0.4, 0.5) is 4.79 Å². The van der Waals surface area contributed by atoms with E-state index < -0.39 is 17.6 Å². The second-order valence-corrected chi connectivity index (χ2v) is 8.00. The van der Waals surface area contributed by atoms with E-state index in [0.29, 0.717) is 23.3 Å². The summed E-state index contributed by atoms with van der Waals surface area (Å²) in [4.78, 5) is 11.2. The Bertz CT molecular complexity index is 979. The Labute approximate surface area is 171 Å². The van der Waals surface area contributed by atoms with Crippen molar-refractivity contribution in [1.82, 2.24) is 0 Å². The van der Waals surface area contributed by atoms with E-state index in [1.54, 1.807) is 0 Å². The second kappa shape index (κ2) is 7.78. The molecular formula is C23H28N2O4. The Hall–Kier alpha value is -3.02. The van der Waals surface area contributed by atoms with Gasteiger partial charge in [-0.25, -0.2) is 4.79 Å². The highest BCUT2D eigenvalue weighted by Gasteiger charge is 2.36. The number of nitrogens with two attached hydrogens (primary N) is 1. The molecule has 4 N–H and O–H groups in total. The van der Waals surface area contributed by atoms with E-state index in [0.717, 1.165) is 36.0 Å². The van der Waals surface area contributed by atoms with Crippen molar-refractivity contribution in [1.29, 1.82) is 5.41 Å². The van der Waals surface area contributed by atoms with Crippen molar-refractivity contribution < 1.29 is 19.4 Å². The van der Waals surface area contributed by atoms with Crippen LogP contribution in [0.1, 0.15) is 62.3 Å². The van der Waals surface area contributed by atoms with Crippen LogP contribution in [0.3, 0.4) is 0 Å². The van der Waals surface area contributed by atoms with Crippen LogP contribution >= 0.6 is 0 Å². The fourth-order valence-electron chi connectivity index (χ4n) is 3.92. The van der Waals surface area contributed by atoms with Crippen LogP contribution < -0.4 is 10.5 Å². The van der Waals surface area contributed by atoms with Gasteiger partial charge in [-0.3, -0.25) is 5.41 Å². The first kappa shape index (κ1) is 20.7. The fraction of sp³-hybridized carbons (Fsp3) is 0.391. The Morgan fingerprint density at radius 3 is 2.66 bits per heavy atom. The van der Waals surface area contributed by atoms with Gasteiger partial charge in [0.2, 0.25) is 5.90 Å². The number of aromatic hydroxyl groups is 1. The summed E-state index contributed by atoms with van der Waals surface area (Å²) in [7, 11) is 0. The van der Waals surface area contributed by atoms with Gasteiger partial charge in [0.25, 0.3) is 0 Å². The molecule has 154 valence electrons. The molecule has 0 aromatic heterocycles. The van der Waals surface area contributed by atoms with Crippen LogP contribution in [0.5, 0.6) is 11.5 Å². The third kappa shape index (κ3) is 3.92. The molecule has 0 atom stereocenters. The number of hydrogen-bond acceptors (Lipinski definition) is 5. The molecule has 0 spiro atoms. The molecule has 2 aromatic rings. The zero-order valence-corrected chi connectivity index (χ0v) is 17.4. The second-order valence-electron chi connectivity index (χ2n) is 8.00. The number of benzene rings is 2. The lowest BCUT2D eigenvalue weighted by Gasteiger charge is -2.36. The molecule has 0 saturated carbocycles. The van der Waals surface area contributed by atoms with E-state index in [2.05, 4.69) is 6.92 Å². The first-order valence-electron chi connectivity index (χ1n) is 9.91. The molecule has 1 amide bonds. The number of primary amides is 1. The normalized spacial score (nSPS) is 13.8. The number of aryl methyl sites for hydroxylation is 2. The van der Waals surface area contributed by atoms with E-state index in [1.807, 2.05) is 45.0 Å². The number of phenolic OH excluding ortho intramolecular Hbond substituents is 1. The van der Waals surface area contributed by atoms with E-state index in [-0.39, 0.29) is 11.3 Å². The van der Waals surface area contributed by atoms with Crippen LogP contribution in [-0.2, 0) is 16.8 Å². The largest absolute Gasteiger partial charge is 0.506 e. The molecule has 1 heterocycles. The van der Waals surface area contributed by atoms with Gasteiger partial charge in [0.15, 0.2) is 0 Å². The van der Waals surface area contributed by atoms with Gasteiger partial charge >= 0.3 is 6.09 Å². The minimum Gasteiger partial charge on any atom is -0.506 e. The summed E-state index contributed by atoms with van der Waals surface area (Å²) in [5, 5.41) is 19.4. The molecule has 0 aliphatic carbocycles. The number of phenols is 1. The first-order chi connectivity index (χ1) is 13.7. The molecule has 0 unspecified atom stereocenters. The molecule has 29 heavy (non-hydrogen) atoms. The Balaban J connectivity index is 2.24. The maximum Gasteiger partial charge on any atom is 0.411 e. The Kier molecular flexibility index (Phi) is 5.55. The average Bonchev–Trinajstić information content (AvgIpc) is 2.60. The molecule has 6 nitrogen and oxygen atoms in total. The van der Waals surface area contributed by atoms with Gasteiger partial charge in [-0.2, -0.15) is 0 Å². The lowest BCUT2D eigenvalue weighted by atomic mass is 9.83. The van der Waals surface area contributed by atoms with Crippen molar-refractivity contribution in [2.45, 2.75) is 59.0 Å². The van der Waals surface area contributed by atoms with Crippen LogP contribution in [0.25, 0.3) is 11.1 Å². The number of nitrogens with one attached hydrogen (secondary N) is 1. The molecule has 6 heteroatoms. The van der Waals surface area contributed by atoms with Crippen molar-refractivity contribution in [3.05, 3.63) is 46.5 Å². The predicted molar refractivity (Wildman–Crippen MR) is 113 cm³/mol. The monoisotopic (exact) mass is 396 g/mol. The van der Waals surface area contributed by atoms with Crippen molar-refractivity contribution >= 4 is 12.0 Å². The Morgan fingerprint density at radius 1 is 1.28 bits per heavy atom. The molecule has 0 saturated heterocycles. The molecule has 0 fully saturated rings. The highest BCUT2D eigenvalue weighted by Crippen LogP contribution is 2.51. The van der Waals surface area contributed by atoms with Gasteiger partial charge in [0.1, 0.15) is 17.1 Å². The molecule has 0 bridgehead atoms. The van der Waals surface area contributed by atoms with Crippen LogP contribution in [-0.4, -0.2) is 17.1 Å². The zero-order chi connectivity index (χ0) is 21.3. The lowest BCUT2D eigenvalue weighted by Crippen LogP contribution is -2.30. The summed E-state index contributed by atoms with van der Waals surface area (Å²) in [6.07, 6.45) is 2.47. The predicted octanol–water partition coefficient (Wildman–Crippen LogP) is 5.15. The van der Waals surface area contributed by atoms with Crippen LogP contribution in [0, 0.1) is 12.3 Å². The van der Waals surface area contributed by atoms with Crippen molar-refractivity contribution in [3.8, 4) is 22.6 Å². The van der Waals surface area contributed by atoms with Crippen LogP contribution in [0.2, 0.25) is 0 Å². The van der Waals surface area contributed by atoms with Crippen LogP contribution in [0.15, 0.2) is 24.3 Å².